The number of methoxy groups -OCH3 is 2. The van der Waals surface area contributed by atoms with Gasteiger partial charge in [0.2, 0.25) is 0 Å². The summed E-state index contributed by atoms with van der Waals surface area (Å²) in [5, 5.41) is 2.68. The first kappa shape index (κ1) is 15.9. The number of ether oxygens (including phenoxy) is 2. The molecule has 0 radical (unpaired) electrons. The summed E-state index contributed by atoms with van der Waals surface area (Å²) in [5.74, 6) is 0.910. The summed E-state index contributed by atoms with van der Waals surface area (Å²) >= 11 is 0. The molecule has 0 saturated heterocycles. The van der Waals surface area contributed by atoms with Gasteiger partial charge in [-0.25, -0.2) is 0 Å². The van der Waals surface area contributed by atoms with Crippen LogP contribution in [0.15, 0.2) is 23.2 Å². The van der Waals surface area contributed by atoms with Gasteiger partial charge in [-0.3, -0.25) is 4.99 Å². The normalized spacial score (nSPS) is 12.2. The van der Waals surface area contributed by atoms with Crippen LogP contribution in [0.5, 0.6) is 11.5 Å². The Labute approximate surface area is 114 Å². The molecular weight excluding hydrogens is 275 g/mol. The third-order valence-electron chi connectivity index (χ3n) is 2.33. The fourth-order valence-corrected chi connectivity index (χ4v) is 1.40. The molecule has 1 rings (SSSR count). The van der Waals surface area contributed by atoms with Crippen molar-refractivity contribution in [3.8, 4) is 11.5 Å². The lowest BCUT2D eigenvalue weighted by atomic mass is 10.3. The van der Waals surface area contributed by atoms with Crippen LogP contribution in [-0.4, -0.2) is 32.9 Å². The number of guanidine groups is 1. The molecule has 20 heavy (non-hydrogen) atoms. The maximum absolute atomic E-state index is 12.0. The van der Waals surface area contributed by atoms with Crippen molar-refractivity contribution in [3.05, 3.63) is 18.2 Å². The van der Waals surface area contributed by atoms with Crippen molar-refractivity contribution >= 4 is 11.6 Å². The maximum atomic E-state index is 12.0. The van der Waals surface area contributed by atoms with Gasteiger partial charge < -0.3 is 20.5 Å². The first-order chi connectivity index (χ1) is 9.35. The minimum Gasteiger partial charge on any atom is -0.493 e. The Morgan fingerprint density at radius 3 is 2.45 bits per heavy atom. The van der Waals surface area contributed by atoms with Crippen molar-refractivity contribution in [2.24, 2.45) is 10.7 Å². The molecule has 0 fully saturated rings. The number of benzene rings is 1. The Balaban J connectivity index is 2.66. The van der Waals surface area contributed by atoms with E-state index < -0.39 is 19.1 Å². The fraction of sp³-hybridized carbons (Fsp3) is 0.417. The van der Waals surface area contributed by atoms with Crippen LogP contribution in [0, 0.1) is 0 Å². The summed E-state index contributed by atoms with van der Waals surface area (Å²) in [6, 6.07) is 4.89. The molecular formula is C12H16F3N3O2. The molecule has 0 aliphatic rings. The molecule has 3 N–H and O–H groups in total. The van der Waals surface area contributed by atoms with E-state index in [2.05, 4.69) is 10.3 Å². The molecule has 8 heteroatoms. The standard InChI is InChI=1S/C12H16F3N3O2/c1-19-9-4-3-8(7-10(9)20-2)18-11(16)17-6-5-12(13,14)15/h3-4,7H,5-6H2,1-2H3,(H3,16,17,18). The number of halogens is 3. The number of nitrogens with zero attached hydrogens (tertiary/aromatic N) is 1. The number of alkyl halides is 3. The van der Waals surface area contributed by atoms with Crippen molar-refractivity contribution in [1.29, 1.82) is 0 Å². The van der Waals surface area contributed by atoms with Crippen molar-refractivity contribution in [1.82, 2.24) is 0 Å². The van der Waals surface area contributed by atoms with Crippen LogP contribution in [0.3, 0.4) is 0 Å². The van der Waals surface area contributed by atoms with E-state index in [1.54, 1.807) is 18.2 Å². The second-order valence-electron chi connectivity index (χ2n) is 3.83. The van der Waals surface area contributed by atoms with Crippen LogP contribution in [0.1, 0.15) is 6.42 Å². The second kappa shape index (κ2) is 6.88. The number of anilines is 1. The highest BCUT2D eigenvalue weighted by molar-refractivity contribution is 5.92. The molecule has 0 bridgehead atoms. The van der Waals surface area contributed by atoms with E-state index in [1.807, 2.05) is 0 Å². The monoisotopic (exact) mass is 291 g/mol. The van der Waals surface area contributed by atoms with Gasteiger partial charge in [0, 0.05) is 11.8 Å². The zero-order valence-corrected chi connectivity index (χ0v) is 11.1. The first-order valence-corrected chi connectivity index (χ1v) is 5.71. The minimum atomic E-state index is -4.24. The zero-order chi connectivity index (χ0) is 15.2. The van der Waals surface area contributed by atoms with Gasteiger partial charge in [0.1, 0.15) is 0 Å². The minimum absolute atomic E-state index is 0.0959. The van der Waals surface area contributed by atoms with Crippen LogP contribution >= 0.6 is 0 Å². The van der Waals surface area contributed by atoms with Gasteiger partial charge in [-0.15, -0.1) is 0 Å². The van der Waals surface area contributed by atoms with Crippen molar-refractivity contribution in [2.75, 3.05) is 26.1 Å². The summed E-state index contributed by atoms with van der Waals surface area (Å²) in [6.45, 7) is -0.421. The van der Waals surface area contributed by atoms with Gasteiger partial charge in [-0.1, -0.05) is 0 Å². The third-order valence-corrected chi connectivity index (χ3v) is 2.33. The summed E-state index contributed by atoms with van der Waals surface area (Å²) < 4.78 is 46.0. The molecule has 1 aromatic rings. The number of aliphatic imine (C=N–C) groups is 1. The topological polar surface area (TPSA) is 68.9 Å². The van der Waals surface area contributed by atoms with E-state index >= 15 is 0 Å². The number of nitrogens with two attached hydrogens (primary N) is 1. The maximum Gasteiger partial charge on any atom is 0.390 e. The van der Waals surface area contributed by atoms with Gasteiger partial charge in [0.15, 0.2) is 17.5 Å². The highest BCUT2D eigenvalue weighted by Crippen LogP contribution is 2.29. The van der Waals surface area contributed by atoms with Crippen LogP contribution in [0.4, 0.5) is 18.9 Å². The number of nitrogens with one attached hydrogen (secondary N) is 1. The Hall–Kier alpha value is -2.12. The third kappa shape index (κ3) is 5.25. The predicted octanol–water partition coefficient (Wildman–Crippen LogP) is 2.38. The summed E-state index contributed by atoms with van der Waals surface area (Å²) in [6.07, 6.45) is -5.26. The molecule has 1 aromatic carbocycles. The first-order valence-electron chi connectivity index (χ1n) is 5.71. The molecule has 0 unspecified atom stereocenters. The van der Waals surface area contributed by atoms with Gasteiger partial charge in [0.25, 0.3) is 0 Å². The Morgan fingerprint density at radius 2 is 1.90 bits per heavy atom. The molecule has 0 aromatic heterocycles. The molecule has 0 aliphatic heterocycles. The van der Waals surface area contributed by atoms with E-state index in [0.717, 1.165) is 0 Å². The molecule has 112 valence electrons. The van der Waals surface area contributed by atoms with Gasteiger partial charge in [-0.2, -0.15) is 13.2 Å². The number of rotatable bonds is 5. The van der Waals surface area contributed by atoms with E-state index in [1.165, 1.54) is 14.2 Å². The second-order valence-corrected chi connectivity index (χ2v) is 3.83. The van der Waals surface area contributed by atoms with E-state index in [4.69, 9.17) is 15.2 Å². The SMILES string of the molecule is COc1ccc(NC(N)=NCCC(F)(F)F)cc1OC. The molecule has 0 aliphatic carbocycles. The Kier molecular flexibility index (Phi) is 5.48. The Bertz CT molecular complexity index is 476. The van der Waals surface area contributed by atoms with Crippen molar-refractivity contribution < 1.29 is 22.6 Å². The van der Waals surface area contributed by atoms with E-state index in [0.29, 0.717) is 17.2 Å². The fourth-order valence-electron chi connectivity index (χ4n) is 1.40. The molecule has 0 saturated carbocycles. The average molecular weight is 291 g/mol. The van der Waals surface area contributed by atoms with Crippen LogP contribution < -0.4 is 20.5 Å². The number of hydrogen-bond acceptors (Lipinski definition) is 3. The highest BCUT2D eigenvalue weighted by Gasteiger charge is 2.26. The summed E-state index contributed by atoms with van der Waals surface area (Å²) in [4.78, 5) is 3.59. The highest BCUT2D eigenvalue weighted by atomic mass is 19.4. The average Bonchev–Trinajstić information content (AvgIpc) is 2.37. The molecule has 5 nitrogen and oxygen atoms in total. The molecule has 0 amide bonds. The molecule has 0 heterocycles. The summed E-state index contributed by atoms with van der Waals surface area (Å²) in [7, 11) is 2.97. The van der Waals surface area contributed by atoms with Gasteiger partial charge >= 0.3 is 6.18 Å². The smallest absolute Gasteiger partial charge is 0.390 e. The molecule has 0 atom stereocenters. The van der Waals surface area contributed by atoms with E-state index in [9.17, 15) is 13.2 Å². The van der Waals surface area contributed by atoms with E-state index in [-0.39, 0.29) is 5.96 Å². The predicted molar refractivity (Wildman–Crippen MR) is 70.3 cm³/mol. The Morgan fingerprint density at radius 1 is 1.25 bits per heavy atom. The number of hydrogen-bond donors (Lipinski definition) is 2. The lowest BCUT2D eigenvalue weighted by molar-refractivity contribution is -0.132. The van der Waals surface area contributed by atoms with Gasteiger partial charge in [-0.05, 0) is 12.1 Å². The lowest BCUT2D eigenvalue weighted by Crippen LogP contribution is -2.23. The van der Waals surface area contributed by atoms with Crippen LogP contribution in [0.2, 0.25) is 0 Å². The quantitative estimate of drug-likeness (QED) is 0.645. The van der Waals surface area contributed by atoms with Crippen LogP contribution in [-0.2, 0) is 0 Å². The van der Waals surface area contributed by atoms with Crippen LogP contribution in [0.25, 0.3) is 0 Å². The van der Waals surface area contributed by atoms with Crippen molar-refractivity contribution in [2.45, 2.75) is 12.6 Å². The van der Waals surface area contributed by atoms with Gasteiger partial charge in [0.05, 0.1) is 27.2 Å². The zero-order valence-electron chi connectivity index (χ0n) is 11.1. The van der Waals surface area contributed by atoms with Crippen molar-refractivity contribution in [3.63, 3.8) is 0 Å². The largest absolute Gasteiger partial charge is 0.493 e. The summed E-state index contributed by atoms with van der Waals surface area (Å²) in [5.41, 5.74) is 6.03. The lowest BCUT2D eigenvalue weighted by Gasteiger charge is -2.11. The molecule has 0 spiro atoms.